The number of amides is 3. The maximum Gasteiger partial charge on any atom is 0.326 e. The van der Waals surface area contributed by atoms with Gasteiger partial charge in [-0.05, 0) is 41.7 Å². The Bertz CT molecular complexity index is 1600. The number of nitrogens with one attached hydrogen (secondary N) is 5. The molecule has 238 valence electrons. The number of nitrogens with zero attached hydrogens (tertiary/aromatic N) is 1. The Morgan fingerprint density at radius 2 is 1.49 bits per heavy atom. The first kappa shape index (κ1) is 32.7. The first-order chi connectivity index (χ1) is 21.5. The lowest BCUT2D eigenvalue weighted by atomic mass is 10.00. The van der Waals surface area contributed by atoms with Gasteiger partial charge in [0.05, 0.1) is 12.4 Å². The predicted molar refractivity (Wildman–Crippen MR) is 167 cm³/mol. The number of imidazole rings is 1. The van der Waals surface area contributed by atoms with Crippen LogP contribution < -0.4 is 21.7 Å². The van der Waals surface area contributed by atoms with Crippen LogP contribution in [0.2, 0.25) is 0 Å². The number of hydrogen-bond donors (Lipinski definition) is 8. The molecule has 0 fully saturated rings. The number of hydrogen-bond acceptors (Lipinski definition) is 7. The highest BCUT2D eigenvalue weighted by Gasteiger charge is 2.31. The van der Waals surface area contributed by atoms with Crippen molar-refractivity contribution in [2.45, 2.75) is 63.7 Å². The van der Waals surface area contributed by atoms with Crippen molar-refractivity contribution in [3.05, 3.63) is 84.1 Å². The monoisotopic (exact) mass is 617 g/mol. The predicted octanol–water partition coefficient (Wildman–Crippen LogP) is 1.54. The number of para-hydroxylation sites is 1. The summed E-state index contributed by atoms with van der Waals surface area (Å²) in [5, 5.41) is 28.4. The zero-order valence-electron chi connectivity index (χ0n) is 25.1. The molecule has 2 heterocycles. The molecule has 13 heteroatoms. The van der Waals surface area contributed by atoms with Gasteiger partial charge in [0.25, 0.3) is 0 Å². The molecular weight excluding hydrogens is 578 g/mol. The number of aromatic nitrogens is 3. The van der Waals surface area contributed by atoms with Gasteiger partial charge in [0.15, 0.2) is 0 Å². The van der Waals surface area contributed by atoms with Crippen LogP contribution in [-0.4, -0.2) is 73.0 Å². The second-order valence-electron chi connectivity index (χ2n) is 11.5. The second kappa shape index (κ2) is 15.0. The maximum atomic E-state index is 13.8. The maximum absolute atomic E-state index is 13.8. The lowest BCUT2D eigenvalue weighted by molar-refractivity contribution is -0.142. The van der Waals surface area contributed by atoms with Crippen molar-refractivity contribution in [3.63, 3.8) is 0 Å². The normalized spacial score (nSPS) is 14.0. The van der Waals surface area contributed by atoms with Gasteiger partial charge in [-0.2, -0.15) is 0 Å². The molecule has 2 aromatic carbocycles. The third kappa shape index (κ3) is 9.16. The Morgan fingerprint density at radius 1 is 0.844 bits per heavy atom. The molecule has 0 saturated heterocycles. The van der Waals surface area contributed by atoms with Crippen LogP contribution >= 0.6 is 0 Å². The van der Waals surface area contributed by atoms with Crippen molar-refractivity contribution < 1.29 is 29.4 Å². The molecule has 13 nitrogen and oxygen atoms in total. The van der Waals surface area contributed by atoms with E-state index in [0.29, 0.717) is 17.7 Å². The van der Waals surface area contributed by atoms with E-state index in [4.69, 9.17) is 5.73 Å². The van der Waals surface area contributed by atoms with Crippen molar-refractivity contribution in [3.8, 4) is 5.75 Å². The Hall–Kier alpha value is -5.17. The summed E-state index contributed by atoms with van der Waals surface area (Å²) in [6, 6.07) is 9.15. The lowest BCUT2D eigenvalue weighted by Gasteiger charge is -2.25. The van der Waals surface area contributed by atoms with Gasteiger partial charge in [0.1, 0.15) is 23.9 Å². The number of nitrogens with two attached hydrogens (primary N) is 1. The molecule has 4 unspecified atom stereocenters. The number of carbonyl (C=O) groups excluding carboxylic acids is 3. The molecule has 0 aliphatic heterocycles. The van der Waals surface area contributed by atoms with Gasteiger partial charge in [0, 0.05) is 48.3 Å². The number of carboxylic acid groups (broad SMARTS) is 1. The number of H-pyrrole nitrogens is 2. The van der Waals surface area contributed by atoms with E-state index in [2.05, 4.69) is 30.9 Å². The largest absolute Gasteiger partial charge is 0.508 e. The van der Waals surface area contributed by atoms with Crippen molar-refractivity contribution in [1.82, 2.24) is 30.9 Å². The number of aromatic amines is 2. The Labute approximate surface area is 260 Å². The first-order valence-electron chi connectivity index (χ1n) is 14.7. The fourth-order valence-corrected chi connectivity index (χ4v) is 5.06. The molecule has 0 radical (unpaired) electrons. The van der Waals surface area contributed by atoms with E-state index in [1.54, 1.807) is 18.3 Å². The minimum Gasteiger partial charge on any atom is -0.508 e. The number of carbonyl (C=O) groups is 4. The van der Waals surface area contributed by atoms with Gasteiger partial charge >= 0.3 is 5.97 Å². The van der Waals surface area contributed by atoms with E-state index in [-0.39, 0.29) is 30.9 Å². The van der Waals surface area contributed by atoms with Crippen LogP contribution in [0, 0.1) is 5.92 Å². The zero-order valence-corrected chi connectivity index (χ0v) is 25.1. The summed E-state index contributed by atoms with van der Waals surface area (Å²) < 4.78 is 0. The van der Waals surface area contributed by atoms with Gasteiger partial charge in [-0.3, -0.25) is 14.4 Å². The number of rotatable bonds is 15. The molecule has 0 bridgehead atoms. The third-order valence-corrected chi connectivity index (χ3v) is 7.40. The number of fused-ring (bicyclic) bond motifs is 1. The second-order valence-corrected chi connectivity index (χ2v) is 11.5. The topological polar surface area (TPSA) is 215 Å². The third-order valence-electron chi connectivity index (χ3n) is 7.40. The fourth-order valence-electron chi connectivity index (χ4n) is 5.06. The van der Waals surface area contributed by atoms with Crippen molar-refractivity contribution in [2.24, 2.45) is 11.7 Å². The van der Waals surface area contributed by atoms with Crippen molar-refractivity contribution in [2.75, 3.05) is 0 Å². The molecule has 2 aromatic heterocycles. The number of benzene rings is 2. The highest BCUT2D eigenvalue weighted by Crippen LogP contribution is 2.20. The number of aromatic hydroxyl groups is 1. The molecule has 0 aliphatic rings. The van der Waals surface area contributed by atoms with Crippen LogP contribution in [0.15, 0.2) is 67.3 Å². The van der Waals surface area contributed by atoms with Crippen LogP contribution in [-0.2, 0) is 38.4 Å². The van der Waals surface area contributed by atoms with Crippen LogP contribution in [0.4, 0.5) is 0 Å². The van der Waals surface area contributed by atoms with Crippen molar-refractivity contribution in [1.29, 1.82) is 0 Å². The summed E-state index contributed by atoms with van der Waals surface area (Å²) in [5.41, 5.74) is 8.82. The van der Waals surface area contributed by atoms with Crippen LogP contribution in [0.5, 0.6) is 5.75 Å². The fraction of sp³-hybridized carbons (Fsp3) is 0.344. The number of phenols is 1. The molecule has 3 amide bonds. The van der Waals surface area contributed by atoms with Crippen LogP contribution in [0.3, 0.4) is 0 Å². The summed E-state index contributed by atoms with van der Waals surface area (Å²) in [6.07, 6.45) is 5.03. The molecule has 0 saturated carbocycles. The quantitative estimate of drug-likeness (QED) is 0.0977. The van der Waals surface area contributed by atoms with Gasteiger partial charge in [-0.1, -0.05) is 44.2 Å². The summed E-state index contributed by atoms with van der Waals surface area (Å²) >= 11 is 0. The van der Waals surface area contributed by atoms with Gasteiger partial charge in [-0.15, -0.1) is 0 Å². The highest BCUT2D eigenvalue weighted by atomic mass is 16.4. The lowest BCUT2D eigenvalue weighted by Crippen LogP contribution is -2.58. The first-order valence-corrected chi connectivity index (χ1v) is 14.7. The Kier molecular flexibility index (Phi) is 10.9. The molecule has 4 atom stereocenters. The molecule has 9 N–H and O–H groups in total. The van der Waals surface area contributed by atoms with Gasteiger partial charge in [0.2, 0.25) is 17.7 Å². The van der Waals surface area contributed by atoms with E-state index in [0.717, 1.165) is 16.5 Å². The number of phenolic OH excluding ortho intramolecular Hbond substituents is 1. The van der Waals surface area contributed by atoms with Crippen LogP contribution in [0.25, 0.3) is 10.9 Å². The van der Waals surface area contributed by atoms with E-state index >= 15 is 0 Å². The van der Waals surface area contributed by atoms with Gasteiger partial charge in [-0.25, -0.2) is 9.78 Å². The SMILES string of the molecule is CC(C)CC(N)C(=O)NC(Cc1ccc(O)cc1)C(=O)NC(Cc1c[nH]c2ccccc12)C(=O)NC(Cc1cnc[nH]1)C(=O)O. The minimum atomic E-state index is -1.30. The van der Waals surface area contributed by atoms with E-state index in [9.17, 15) is 29.4 Å². The minimum absolute atomic E-state index is 0.0325. The number of carboxylic acids is 1. The molecule has 4 rings (SSSR count). The van der Waals surface area contributed by atoms with E-state index in [1.165, 1.54) is 24.7 Å². The van der Waals surface area contributed by atoms with E-state index in [1.807, 2.05) is 38.1 Å². The van der Waals surface area contributed by atoms with Gasteiger partial charge < -0.3 is 41.9 Å². The summed E-state index contributed by atoms with van der Waals surface area (Å²) in [7, 11) is 0. The van der Waals surface area contributed by atoms with Crippen molar-refractivity contribution >= 4 is 34.6 Å². The average Bonchev–Trinajstić information content (AvgIpc) is 3.66. The Morgan fingerprint density at radius 3 is 2.13 bits per heavy atom. The summed E-state index contributed by atoms with van der Waals surface area (Å²) in [6.45, 7) is 3.86. The molecule has 0 spiro atoms. The average molecular weight is 618 g/mol. The Balaban J connectivity index is 1.61. The standard InChI is InChI=1S/C32H39N7O6/c1-18(2)11-24(33)29(41)37-26(12-19-7-9-22(40)10-8-19)30(42)38-27(13-20-15-35-25-6-4-3-5-23(20)25)31(43)39-28(32(44)45)14-21-16-34-17-36-21/h3-10,15-18,24,26-28,35,40H,11-14,33H2,1-2H3,(H,34,36)(H,37,41)(H,38,42)(H,39,43)(H,44,45). The summed E-state index contributed by atoms with van der Waals surface area (Å²) in [5.74, 6) is -2.97. The molecule has 4 aromatic rings. The molecule has 45 heavy (non-hydrogen) atoms. The smallest absolute Gasteiger partial charge is 0.326 e. The number of aliphatic carboxylic acids is 1. The molecule has 0 aliphatic carbocycles. The van der Waals surface area contributed by atoms with E-state index < -0.39 is 47.9 Å². The zero-order chi connectivity index (χ0) is 32.5. The molecular formula is C32H39N7O6. The summed E-state index contributed by atoms with van der Waals surface area (Å²) in [4.78, 5) is 62.5. The highest BCUT2D eigenvalue weighted by molar-refractivity contribution is 5.95. The van der Waals surface area contributed by atoms with Crippen LogP contribution in [0.1, 0.15) is 37.1 Å².